The van der Waals surface area contributed by atoms with Crippen molar-refractivity contribution in [1.82, 2.24) is 14.9 Å². The molecule has 0 unspecified atom stereocenters. The third-order valence-corrected chi connectivity index (χ3v) is 5.87. The summed E-state index contributed by atoms with van der Waals surface area (Å²) in [5, 5.41) is 0.860. The van der Waals surface area contributed by atoms with Crippen LogP contribution in [0.2, 0.25) is 0 Å². The zero-order chi connectivity index (χ0) is 21.8. The van der Waals surface area contributed by atoms with Crippen LogP contribution in [0.4, 0.5) is 0 Å². The molecule has 1 aliphatic rings. The number of nitrogens with zero attached hydrogens (tertiary/aromatic N) is 3. The number of aromatic nitrogens is 2. The zero-order valence-electron chi connectivity index (χ0n) is 18.9. The SMILES string of the molecule is COc1cc(OC)c2cnc(-c3cc(C)c(OCCCN4CCCC4)c(C)c3)nc2c1. The molecule has 6 heteroatoms. The molecule has 0 aliphatic carbocycles. The summed E-state index contributed by atoms with van der Waals surface area (Å²) in [6, 6.07) is 7.94. The molecule has 0 amide bonds. The maximum Gasteiger partial charge on any atom is 0.159 e. The van der Waals surface area contributed by atoms with E-state index in [2.05, 4.69) is 35.9 Å². The van der Waals surface area contributed by atoms with E-state index < -0.39 is 0 Å². The summed E-state index contributed by atoms with van der Waals surface area (Å²) in [6.45, 7) is 8.49. The first-order chi connectivity index (χ1) is 15.1. The molecule has 0 spiro atoms. The lowest BCUT2D eigenvalue weighted by atomic mass is 10.0. The van der Waals surface area contributed by atoms with Crippen LogP contribution in [-0.2, 0) is 0 Å². The summed E-state index contributed by atoms with van der Waals surface area (Å²) < 4.78 is 17.0. The largest absolute Gasteiger partial charge is 0.497 e. The Hall–Kier alpha value is -2.86. The van der Waals surface area contributed by atoms with Gasteiger partial charge in [0.1, 0.15) is 17.2 Å². The van der Waals surface area contributed by atoms with Crippen molar-refractivity contribution in [2.75, 3.05) is 40.5 Å². The van der Waals surface area contributed by atoms with Gasteiger partial charge in [0, 0.05) is 30.4 Å². The average Bonchev–Trinajstić information content (AvgIpc) is 3.30. The van der Waals surface area contributed by atoms with Crippen LogP contribution in [0.3, 0.4) is 0 Å². The first kappa shape index (κ1) is 21.4. The molecule has 3 aromatic rings. The van der Waals surface area contributed by atoms with E-state index in [4.69, 9.17) is 19.2 Å². The molecule has 6 nitrogen and oxygen atoms in total. The third-order valence-electron chi connectivity index (χ3n) is 5.87. The first-order valence-corrected chi connectivity index (χ1v) is 10.9. The van der Waals surface area contributed by atoms with Gasteiger partial charge in [-0.2, -0.15) is 0 Å². The highest BCUT2D eigenvalue weighted by Crippen LogP contribution is 2.33. The van der Waals surface area contributed by atoms with E-state index in [1.54, 1.807) is 14.2 Å². The Bertz CT molecular complexity index is 1040. The molecule has 1 saturated heterocycles. The van der Waals surface area contributed by atoms with E-state index in [0.717, 1.165) is 52.9 Å². The number of hydrogen-bond acceptors (Lipinski definition) is 6. The lowest BCUT2D eigenvalue weighted by Crippen LogP contribution is -2.22. The minimum atomic E-state index is 0.676. The van der Waals surface area contributed by atoms with Gasteiger partial charge in [-0.3, -0.25) is 0 Å². The van der Waals surface area contributed by atoms with Gasteiger partial charge in [0.25, 0.3) is 0 Å². The Morgan fingerprint density at radius 2 is 1.71 bits per heavy atom. The lowest BCUT2D eigenvalue weighted by molar-refractivity contribution is 0.261. The van der Waals surface area contributed by atoms with Crippen molar-refractivity contribution in [3.63, 3.8) is 0 Å². The van der Waals surface area contributed by atoms with Gasteiger partial charge in [-0.25, -0.2) is 9.97 Å². The van der Waals surface area contributed by atoms with Crippen molar-refractivity contribution in [2.45, 2.75) is 33.1 Å². The van der Waals surface area contributed by atoms with Crippen LogP contribution in [0.25, 0.3) is 22.3 Å². The molecule has 1 aliphatic heterocycles. The Balaban J connectivity index is 1.53. The number of likely N-dealkylation sites (tertiary alicyclic amines) is 1. The molecule has 1 aromatic heterocycles. The van der Waals surface area contributed by atoms with E-state index in [1.165, 1.54) is 25.9 Å². The summed E-state index contributed by atoms with van der Waals surface area (Å²) in [7, 11) is 3.28. The highest BCUT2D eigenvalue weighted by atomic mass is 16.5. The van der Waals surface area contributed by atoms with E-state index in [0.29, 0.717) is 17.3 Å². The first-order valence-electron chi connectivity index (χ1n) is 10.9. The van der Waals surface area contributed by atoms with Crippen LogP contribution in [0.1, 0.15) is 30.4 Å². The molecule has 0 atom stereocenters. The molecule has 0 radical (unpaired) electrons. The molecular weight excluding hydrogens is 390 g/mol. The molecule has 0 bridgehead atoms. The standard InChI is InChI=1S/C25H31N3O3/c1-17-12-19(13-18(2)24(17)31-11-7-10-28-8-5-6-9-28)25-26-16-21-22(27-25)14-20(29-3)15-23(21)30-4/h12-16H,5-11H2,1-4H3. The molecule has 0 N–H and O–H groups in total. The average molecular weight is 422 g/mol. The number of aryl methyl sites for hydroxylation is 2. The van der Waals surface area contributed by atoms with Crippen molar-refractivity contribution in [3.8, 4) is 28.6 Å². The summed E-state index contributed by atoms with van der Waals surface area (Å²) in [5.41, 5.74) is 3.97. The van der Waals surface area contributed by atoms with Gasteiger partial charge in [-0.1, -0.05) is 0 Å². The van der Waals surface area contributed by atoms with Crippen molar-refractivity contribution in [3.05, 3.63) is 41.6 Å². The van der Waals surface area contributed by atoms with Crippen LogP contribution in [0.15, 0.2) is 30.5 Å². The topological polar surface area (TPSA) is 56.7 Å². The lowest BCUT2D eigenvalue weighted by Gasteiger charge is -2.17. The van der Waals surface area contributed by atoms with E-state index in [9.17, 15) is 0 Å². The fourth-order valence-electron chi connectivity index (χ4n) is 4.28. The highest BCUT2D eigenvalue weighted by Gasteiger charge is 2.14. The van der Waals surface area contributed by atoms with Crippen LogP contribution in [0, 0.1) is 13.8 Å². The van der Waals surface area contributed by atoms with Crippen molar-refractivity contribution in [1.29, 1.82) is 0 Å². The van der Waals surface area contributed by atoms with Gasteiger partial charge in [-0.15, -0.1) is 0 Å². The van der Waals surface area contributed by atoms with Gasteiger partial charge in [0.15, 0.2) is 5.82 Å². The van der Waals surface area contributed by atoms with Crippen LogP contribution >= 0.6 is 0 Å². The molecule has 4 rings (SSSR count). The number of ether oxygens (including phenoxy) is 3. The van der Waals surface area contributed by atoms with Crippen LogP contribution < -0.4 is 14.2 Å². The summed E-state index contributed by atoms with van der Waals surface area (Å²) in [4.78, 5) is 11.9. The van der Waals surface area contributed by atoms with Crippen molar-refractivity contribution < 1.29 is 14.2 Å². The summed E-state index contributed by atoms with van der Waals surface area (Å²) in [6.07, 6.45) is 5.52. The van der Waals surface area contributed by atoms with Crippen molar-refractivity contribution >= 4 is 10.9 Å². The Labute approximate surface area is 184 Å². The quantitative estimate of drug-likeness (QED) is 0.487. The molecule has 164 valence electrons. The second kappa shape index (κ2) is 9.52. The van der Waals surface area contributed by atoms with Gasteiger partial charge >= 0.3 is 0 Å². The predicted molar refractivity (Wildman–Crippen MR) is 123 cm³/mol. The summed E-state index contributed by atoms with van der Waals surface area (Å²) in [5.74, 6) is 3.05. The van der Waals surface area contributed by atoms with Gasteiger partial charge in [-0.05, 0) is 69.5 Å². The molecular formula is C25H31N3O3. The number of methoxy groups -OCH3 is 2. The maximum atomic E-state index is 6.15. The summed E-state index contributed by atoms with van der Waals surface area (Å²) >= 11 is 0. The fourth-order valence-corrected chi connectivity index (χ4v) is 4.28. The van der Waals surface area contributed by atoms with Gasteiger partial charge in [0.2, 0.25) is 0 Å². The minimum absolute atomic E-state index is 0.676. The number of hydrogen-bond donors (Lipinski definition) is 0. The molecule has 31 heavy (non-hydrogen) atoms. The van der Waals surface area contributed by atoms with Crippen LogP contribution in [-0.4, -0.2) is 55.3 Å². The van der Waals surface area contributed by atoms with E-state index in [-0.39, 0.29) is 0 Å². The molecule has 2 heterocycles. The highest BCUT2D eigenvalue weighted by molar-refractivity contribution is 5.87. The number of fused-ring (bicyclic) bond motifs is 1. The second-order valence-corrected chi connectivity index (χ2v) is 8.15. The maximum absolute atomic E-state index is 6.15. The number of rotatable bonds is 8. The third kappa shape index (κ3) is 4.74. The van der Waals surface area contributed by atoms with Gasteiger partial charge in [0.05, 0.1) is 31.7 Å². The second-order valence-electron chi connectivity index (χ2n) is 8.15. The minimum Gasteiger partial charge on any atom is -0.497 e. The fraction of sp³-hybridized carbons (Fsp3) is 0.440. The predicted octanol–water partition coefficient (Wildman–Crippen LogP) is 4.80. The Morgan fingerprint density at radius 3 is 2.39 bits per heavy atom. The van der Waals surface area contributed by atoms with Crippen LogP contribution in [0.5, 0.6) is 17.2 Å². The molecule has 1 fully saturated rings. The Kier molecular flexibility index (Phi) is 6.56. The smallest absolute Gasteiger partial charge is 0.159 e. The number of benzene rings is 2. The normalized spacial score (nSPS) is 14.2. The van der Waals surface area contributed by atoms with Gasteiger partial charge < -0.3 is 19.1 Å². The molecule has 2 aromatic carbocycles. The van der Waals surface area contributed by atoms with Crippen molar-refractivity contribution in [2.24, 2.45) is 0 Å². The zero-order valence-corrected chi connectivity index (χ0v) is 18.9. The monoisotopic (exact) mass is 421 g/mol. The Morgan fingerprint density at radius 1 is 0.968 bits per heavy atom. The van der Waals surface area contributed by atoms with E-state index >= 15 is 0 Å². The van der Waals surface area contributed by atoms with E-state index in [1.807, 2.05) is 18.3 Å². The molecule has 0 saturated carbocycles.